The van der Waals surface area contributed by atoms with Crippen LogP contribution in [-0.2, 0) is 18.6 Å². The van der Waals surface area contributed by atoms with Crippen LogP contribution in [-0.4, -0.2) is 30.4 Å². The molecule has 0 bridgehead atoms. The number of hydrogen-bond donors (Lipinski definition) is 1. The molecule has 0 saturated carbocycles. The van der Waals surface area contributed by atoms with Crippen LogP contribution in [0.2, 0.25) is 0 Å². The van der Waals surface area contributed by atoms with Crippen molar-refractivity contribution in [1.82, 2.24) is 0 Å². The number of esters is 1. The van der Waals surface area contributed by atoms with E-state index in [1.807, 2.05) is 0 Å². The zero-order valence-electron chi connectivity index (χ0n) is 17.4. The molecule has 0 fully saturated rings. The van der Waals surface area contributed by atoms with Crippen LogP contribution in [0.4, 0.5) is 0 Å². The van der Waals surface area contributed by atoms with Crippen molar-refractivity contribution in [1.29, 1.82) is 0 Å². The summed E-state index contributed by atoms with van der Waals surface area (Å²) in [6.45, 7) is 1.09. The first-order valence-electron chi connectivity index (χ1n) is 10.3. The molecule has 0 radical (unpaired) electrons. The number of phosphoric ester groups is 1. The molecule has 1 atom stereocenters. The Bertz CT molecular complexity index is 537. The van der Waals surface area contributed by atoms with Crippen LogP contribution in [0.25, 0.3) is 0 Å². The van der Waals surface area contributed by atoms with E-state index in [2.05, 4.69) is 47.9 Å². The fourth-order valence-electron chi connectivity index (χ4n) is 2.31. The highest BCUT2D eigenvalue weighted by atomic mass is 31.2. The number of aliphatic hydroxyl groups is 1. The smallest absolute Gasteiger partial charge is 0.305 e. The summed E-state index contributed by atoms with van der Waals surface area (Å²) in [7, 11) is -5.13. The first-order valence-corrected chi connectivity index (χ1v) is 11.8. The van der Waals surface area contributed by atoms with Crippen molar-refractivity contribution in [2.45, 2.75) is 77.2 Å². The first kappa shape index (κ1) is 27.8. The molecule has 0 aromatic rings. The Labute approximate surface area is 174 Å². The third-order valence-corrected chi connectivity index (χ3v) is 4.35. The van der Waals surface area contributed by atoms with Gasteiger partial charge in [0.25, 0.3) is 0 Å². The minimum absolute atomic E-state index is 0.216. The highest BCUT2D eigenvalue weighted by Crippen LogP contribution is 2.24. The Morgan fingerprint density at radius 2 is 1.48 bits per heavy atom. The number of hydrogen-bond acceptors (Lipinski definition) is 7. The third kappa shape index (κ3) is 22.9. The molecule has 0 heterocycles. The SMILES string of the molecule is CCCCC/C=C\C/C=C\C/C=C\CCCCC(=O)OC[C@@H](O)COP(=O)([O-])[O-]. The maximum atomic E-state index is 11.5. The molecule has 0 unspecified atom stereocenters. The van der Waals surface area contributed by atoms with Gasteiger partial charge in [0.05, 0.1) is 14.4 Å². The molecule has 0 amide bonds. The second kappa shape index (κ2) is 18.8. The van der Waals surface area contributed by atoms with Gasteiger partial charge in [-0.3, -0.25) is 4.79 Å². The minimum Gasteiger partial charge on any atom is -0.790 e. The highest BCUT2D eigenvalue weighted by molar-refractivity contribution is 7.43. The summed E-state index contributed by atoms with van der Waals surface area (Å²) in [5, 5.41) is 9.35. The average molecular weight is 430 g/mol. The maximum absolute atomic E-state index is 11.5. The minimum atomic E-state index is -5.13. The molecule has 0 aliphatic carbocycles. The third-order valence-electron chi connectivity index (χ3n) is 3.88. The lowest BCUT2D eigenvalue weighted by molar-refractivity contribution is -0.342. The van der Waals surface area contributed by atoms with Gasteiger partial charge >= 0.3 is 5.97 Å². The zero-order chi connectivity index (χ0) is 21.8. The first-order chi connectivity index (χ1) is 13.8. The molecule has 168 valence electrons. The summed E-state index contributed by atoms with van der Waals surface area (Å²) in [6, 6.07) is 0. The molecule has 29 heavy (non-hydrogen) atoms. The van der Waals surface area contributed by atoms with Gasteiger partial charge in [-0.05, 0) is 44.9 Å². The maximum Gasteiger partial charge on any atom is 0.305 e. The summed E-state index contributed by atoms with van der Waals surface area (Å²) < 4.78 is 19.0. The monoisotopic (exact) mass is 430 g/mol. The Morgan fingerprint density at radius 1 is 0.931 bits per heavy atom. The summed E-state index contributed by atoms with van der Waals surface area (Å²) >= 11 is 0. The average Bonchev–Trinajstić information content (AvgIpc) is 2.67. The van der Waals surface area contributed by atoms with Gasteiger partial charge in [-0.15, -0.1) is 0 Å². The molecule has 1 N–H and O–H groups in total. The molecule has 0 saturated heterocycles. The topological polar surface area (TPSA) is 119 Å². The molecule has 7 nitrogen and oxygen atoms in total. The second-order valence-electron chi connectivity index (χ2n) is 6.71. The van der Waals surface area contributed by atoms with E-state index in [4.69, 9.17) is 4.74 Å². The molecule has 0 spiro atoms. The molecule has 8 heteroatoms. The molecular weight excluding hydrogens is 395 g/mol. The summed E-state index contributed by atoms with van der Waals surface area (Å²) in [6.07, 6.45) is 21.0. The normalized spacial score (nSPS) is 13.7. The molecule has 0 aromatic carbocycles. The van der Waals surface area contributed by atoms with Gasteiger partial charge < -0.3 is 28.7 Å². The van der Waals surface area contributed by atoms with Crippen molar-refractivity contribution < 1.29 is 33.5 Å². The van der Waals surface area contributed by atoms with E-state index in [-0.39, 0.29) is 6.42 Å². The van der Waals surface area contributed by atoms with Gasteiger partial charge in [0.2, 0.25) is 0 Å². The number of unbranched alkanes of at least 4 members (excludes halogenated alkanes) is 5. The van der Waals surface area contributed by atoms with Crippen molar-refractivity contribution in [2.24, 2.45) is 0 Å². The molecule has 0 aromatic heterocycles. The van der Waals surface area contributed by atoms with Crippen molar-refractivity contribution in [2.75, 3.05) is 13.2 Å². The molecule has 0 aliphatic rings. The number of aliphatic hydroxyl groups excluding tert-OH is 1. The van der Waals surface area contributed by atoms with E-state index in [0.717, 1.165) is 32.1 Å². The highest BCUT2D eigenvalue weighted by Gasteiger charge is 2.09. The van der Waals surface area contributed by atoms with Crippen molar-refractivity contribution in [3.05, 3.63) is 36.5 Å². The van der Waals surface area contributed by atoms with Crippen LogP contribution in [0, 0.1) is 0 Å². The fraction of sp³-hybridized carbons (Fsp3) is 0.667. The zero-order valence-corrected chi connectivity index (χ0v) is 18.3. The van der Waals surface area contributed by atoms with Crippen LogP contribution < -0.4 is 9.79 Å². The van der Waals surface area contributed by atoms with E-state index < -0.39 is 33.1 Å². The van der Waals surface area contributed by atoms with E-state index >= 15 is 0 Å². The van der Waals surface area contributed by atoms with Gasteiger partial charge in [0, 0.05) is 6.42 Å². The molecule has 0 aliphatic heterocycles. The Morgan fingerprint density at radius 3 is 2.03 bits per heavy atom. The summed E-state index contributed by atoms with van der Waals surface area (Å²) in [4.78, 5) is 32.0. The lowest BCUT2D eigenvalue weighted by atomic mass is 10.1. The largest absolute Gasteiger partial charge is 0.790 e. The number of rotatable bonds is 18. The Kier molecular flexibility index (Phi) is 18.0. The summed E-state index contributed by atoms with van der Waals surface area (Å²) in [5.74, 6) is -0.480. The lowest BCUT2D eigenvalue weighted by Gasteiger charge is -2.29. The number of carbonyl (C=O) groups excluding carboxylic acids is 1. The number of ether oxygens (including phenoxy) is 1. The predicted octanol–water partition coefficient (Wildman–Crippen LogP) is 3.33. The van der Waals surface area contributed by atoms with E-state index in [9.17, 15) is 24.3 Å². The van der Waals surface area contributed by atoms with E-state index in [1.54, 1.807) is 0 Å². The van der Waals surface area contributed by atoms with Crippen molar-refractivity contribution >= 4 is 13.8 Å². The molecule has 0 rings (SSSR count). The number of allylic oxidation sites excluding steroid dienone is 6. The van der Waals surface area contributed by atoms with Gasteiger partial charge in [-0.1, -0.05) is 56.2 Å². The standard InChI is InChI=1S/C21H37O7P/c1-2-3-4-5-6-7-8-9-10-11-12-13-14-15-16-17-21(23)27-18-20(22)19-28-29(24,25)26/h6-7,9-10,12-13,20,22H,2-5,8,11,14-19H2,1H3,(H2,24,25,26)/p-2/b7-6-,10-9-,13-12-/t20-/m1/s1. The van der Waals surface area contributed by atoms with Gasteiger partial charge in [-0.2, -0.15) is 0 Å². The van der Waals surface area contributed by atoms with E-state index in [0.29, 0.717) is 6.42 Å². The Hall–Kier alpha value is -1.24. The van der Waals surface area contributed by atoms with Crippen LogP contribution in [0.1, 0.15) is 71.1 Å². The van der Waals surface area contributed by atoms with Crippen LogP contribution in [0.15, 0.2) is 36.5 Å². The number of carbonyl (C=O) groups is 1. The number of phosphoric acid groups is 1. The lowest BCUT2D eigenvalue weighted by Crippen LogP contribution is -2.26. The van der Waals surface area contributed by atoms with Gasteiger partial charge in [0.1, 0.15) is 12.7 Å². The van der Waals surface area contributed by atoms with Gasteiger partial charge in [0.15, 0.2) is 0 Å². The Balaban J connectivity index is 3.55. The van der Waals surface area contributed by atoms with Crippen LogP contribution in [0.3, 0.4) is 0 Å². The predicted molar refractivity (Wildman–Crippen MR) is 110 cm³/mol. The quantitative estimate of drug-likeness (QED) is 0.153. The van der Waals surface area contributed by atoms with Crippen LogP contribution in [0.5, 0.6) is 0 Å². The molecular formula is C21H35O7P-2. The van der Waals surface area contributed by atoms with Crippen molar-refractivity contribution in [3.63, 3.8) is 0 Å². The van der Waals surface area contributed by atoms with Gasteiger partial charge in [-0.25, -0.2) is 0 Å². The van der Waals surface area contributed by atoms with Crippen LogP contribution >= 0.6 is 7.82 Å². The fourth-order valence-corrected chi connectivity index (χ4v) is 2.66. The second-order valence-corrected chi connectivity index (χ2v) is 7.86. The van der Waals surface area contributed by atoms with E-state index in [1.165, 1.54) is 19.3 Å². The summed E-state index contributed by atoms with van der Waals surface area (Å²) in [5.41, 5.74) is 0. The van der Waals surface area contributed by atoms with Crippen molar-refractivity contribution in [3.8, 4) is 0 Å².